The highest BCUT2D eigenvalue weighted by molar-refractivity contribution is 6.59. The van der Waals surface area contributed by atoms with Crippen LogP contribution in [0.2, 0.25) is 0 Å². The zero-order valence-corrected chi connectivity index (χ0v) is 38.4. The van der Waals surface area contributed by atoms with E-state index in [1.54, 1.807) is 18.2 Å². The Morgan fingerprint density at radius 3 is 1.29 bits per heavy atom. The van der Waals surface area contributed by atoms with E-state index in [1.807, 2.05) is 187 Å². The Labute approximate surface area is 413 Å². The smallest absolute Gasteiger partial charge is 0.423 e. The van der Waals surface area contributed by atoms with E-state index in [0.29, 0.717) is 34.3 Å². The van der Waals surface area contributed by atoms with Crippen LogP contribution in [0.4, 0.5) is 0 Å². The Balaban J connectivity index is 0.000000151. The SMILES string of the molecule is OB(O)c1ccc2c3ccccc3n(-c3cccc(-c4nc(-c5ccccc5)nc(-c5ccccc5)n4)c3)c2c1.OB(O)c1ccc2c3ccccc3n(-c3nc(-c4ccccc4)c4ccccc4n3)c2c1. The van der Waals surface area contributed by atoms with Crippen molar-refractivity contribution in [2.75, 3.05) is 0 Å². The summed E-state index contributed by atoms with van der Waals surface area (Å²) in [5.41, 5.74) is 10.8. The highest BCUT2D eigenvalue weighted by atomic mass is 16.4. The van der Waals surface area contributed by atoms with Crippen molar-refractivity contribution < 1.29 is 20.1 Å². The van der Waals surface area contributed by atoms with E-state index in [1.165, 1.54) is 0 Å². The zero-order valence-electron chi connectivity index (χ0n) is 38.4. The molecule has 0 bridgehead atoms. The average molecular weight is 934 g/mol. The molecule has 342 valence electrons. The Hall–Kier alpha value is -9.10. The van der Waals surface area contributed by atoms with Crippen LogP contribution in [-0.4, -0.2) is 68.4 Å². The molecule has 0 fully saturated rings. The summed E-state index contributed by atoms with van der Waals surface area (Å²) in [4.78, 5) is 24.5. The van der Waals surface area contributed by atoms with Crippen molar-refractivity contribution in [2.24, 2.45) is 0 Å². The normalized spacial score (nSPS) is 11.3. The van der Waals surface area contributed by atoms with Crippen LogP contribution in [0.5, 0.6) is 0 Å². The van der Waals surface area contributed by atoms with Crippen molar-refractivity contribution in [3.05, 3.63) is 224 Å². The first kappa shape index (κ1) is 44.1. The molecule has 13 heteroatoms. The molecule has 4 N–H and O–H groups in total. The van der Waals surface area contributed by atoms with Gasteiger partial charge in [0.25, 0.3) is 0 Å². The van der Waals surface area contributed by atoms with Gasteiger partial charge in [-0.05, 0) is 53.4 Å². The number of aromatic nitrogens is 7. The van der Waals surface area contributed by atoms with Gasteiger partial charge in [0.1, 0.15) is 0 Å². The molecular formula is C59H41B2N7O4. The van der Waals surface area contributed by atoms with Gasteiger partial charge in [0, 0.05) is 54.9 Å². The predicted octanol–water partition coefficient (Wildman–Crippen LogP) is 9.72. The summed E-state index contributed by atoms with van der Waals surface area (Å²) in [5, 5.41) is 44.4. The molecule has 13 rings (SSSR count). The third-order valence-electron chi connectivity index (χ3n) is 12.9. The number of nitrogens with zero attached hydrogens (tertiary/aromatic N) is 7. The molecule has 4 heterocycles. The van der Waals surface area contributed by atoms with Crippen molar-refractivity contribution in [3.63, 3.8) is 0 Å². The van der Waals surface area contributed by atoms with Crippen LogP contribution in [0.15, 0.2) is 224 Å². The van der Waals surface area contributed by atoms with Gasteiger partial charge in [-0.15, -0.1) is 0 Å². The van der Waals surface area contributed by atoms with Gasteiger partial charge in [-0.2, -0.15) is 0 Å². The van der Waals surface area contributed by atoms with Crippen molar-refractivity contribution in [1.29, 1.82) is 0 Å². The summed E-state index contributed by atoms with van der Waals surface area (Å²) in [5.74, 6) is 2.32. The molecule has 4 aromatic heterocycles. The molecule has 0 saturated carbocycles. The lowest BCUT2D eigenvalue weighted by atomic mass is 9.80. The van der Waals surface area contributed by atoms with Gasteiger partial charge in [-0.25, -0.2) is 24.9 Å². The van der Waals surface area contributed by atoms with E-state index in [-0.39, 0.29) is 0 Å². The van der Waals surface area contributed by atoms with Gasteiger partial charge in [0.05, 0.1) is 33.3 Å². The Bertz CT molecular complexity index is 4080. The highest BCUT2D eigenvalue weighted by Crippen LogP contribution is 2.35. The van der Waals surface area contributed by atoms with E-state index in [2.05, 4.69) is 28.8 Å². The Morgan fingerprint density at radius 1 is 0.306 bits per heavy atom. The molecular weight excluding hydrogens is 892 g/mol. The number of hydrogen-bond acceptors (Lipinski definition) is 9. The third-order valence-corrected chi connectivity index (χ3v) is 12.9. The summed E-state index contributed by atoms with van der Waals surface area (Å²) in [6.45, 7) is 0. The van der Waals surface area contributed by atoms with Crippen LogP contribution in [0.25, 0.3) is 112 Å². The first-order valence-electron chi connectivity index (χ1n) is 23.4. The Morgan fingerprint density at radius 2 is 0.736 bits per heavy atom. The predicted molar refractivity (Wildman–Crippen MR) is 289 cm³/mol. The third kappa shape index (κ3) is 8.13. The van der Waals surface area contributed by atoms with E-state index < -0.39 is 14.2 Å². The Kier molecular flexibility index (Phi) is 11.4. The first-order chi connectivity index (χ1) is 35.4. The van der Waals surface area contributed by atoms with Crippen molar-refractivity contribution in [3.8, 4) is 57.1 Å². The van der Waals surface area contributed by atoms with Gasteiger partial charge in [-0.1, -0.05) is 182 Å². The van der Waals surface area contributed by atoms with Crippen LogP contribution in [0.3, 0.4) is 0 Å². The van der Waals surface area contributed by atoms with Gasteiger partial charge in [0.2, 0.25) is 5.95 Å². The molecule has 0 spiro atoms. The fraction of sp³-hybridized carbons (Fsp3) is 0. The second-order valence-corrected chi connectivity index (χ2v) is 17.3. The number of rotatable bonds is 8. The largest absolute Gasteiger partial charge is 0.488 e. The van der Waals surface area contributed by atoms with Gasteiger partial charge < -0.3 is 24.7 Å². The maximum atomic E-state index is 9.88. The number of para-hydroxylation sites is 3. The average Bonchev–Trinajstić information content (AvgIpc) is 3.96. The molecule has 0 unspecified atom stereocenters. The first-order valence-corrected chi connectivity index (χ1v) is 23.4. The van der Waals surface area contributed by atoms with E-state index in [9.17, 15) is 20.1 Å². The monoisotopic (exact) mass is 933 g/mol. The summed E-state index contributed by atoms with van der Waals surface area (Å²) in [6.07, 6.45) is 0. The molecule has 72 heavy (non-hydrogen) atoms. The lowest BCUT2D eigenvalue weighted by Gasteiger charge is -2.12. The van der Waals surface area contributed by atoms with Gasteiger partial charge in [-0.3, -0.25) is 4.57 Å². The van der Waals surface area contributed by atoms with Crippen molar-refractivity contribution in [2.45, 2.75) is 0 Å². The van der Waals surface area contributed by atoms with Crippen LogP contribution in [0, 0.1) is 0 Å². The van der Waals surface area contributed by atoms with Crippen molar-refractivity contribution in [1.82, 2.24) is 34.1 Å². The second-order valence-electron chi connectivity index (χ2n) is 17.3. The van der Waals surface area contributed by atoms with E-state index >= 15 is 0 Å². The zero-order chi connectivity index (χ0) is 48.7. The van der Waals surface area contributed by atoms with Crippen molar-refractivity contribution >= 4 is 79.7 Å². The molecule has 11 nitrogen and oxygen atoms in total. The molecule has 0 amide bonds. The maximum absolute atomic E-state index is 9.88. The molecule has 0 radical (unpaired) electrons. The van der Waals surface area contributed by atoms with E-state index in [0.717, 1.165) is 88.1 Å². The molecule has 9 aromatic carbocycles. The lowest BCUT2D eigenvalue weighted by molar-refractivity contribution is 0.424. The lowest BCUT2D eigenvalue weighted by Crippen LogP contribution is -2.29. The topological polar surface area (TPSA) is 155 Å². The molecule has 0 aliphatic heterocycles. The molecule has 13 aromatic rings. The summed E-state index contributed by atoms with van der Waals surface area (Å²) in [7, 11) is -3.11. The van der Waals surface area contributed by atoms with Crippen LogP contribution in [0.1, 0.15) is 0 Å². The molecule has 0 saturated heterocycles. The standard InChI is InChI=1S/C33H23BN4O2.C26H18BN3O2/c39-34(40)25-18-19-28-27-16-7-8-17-29(27)38(30(28)21-25)26-15-9-14-24(20-26)33-36-31(22-10-3-1-4-11-22)35-32(37-33)23-12-5-2-6-13-23;31-27(32)18-14-15-20-19-10-5-7-13-23(19)30(24(20)16-18)26-28-22-12-6-4-11-21(22)25(29-26)17-8-2-1-3-9-17/h1-21,39-40H;1-16,31-32H. The quantitative estimate of drug-likeness (QED) is 0.109. The van der Waals surface area contributed by atoms with Gasteiger partial charge in [0.15, 0.2) is 17.5 Å². The van der Waals surface area contributed by atoms with Crippen LogP contribution >= 0.6 is 0 Å². The summed E-state index contributed by atoms with van der Waals surface area (Å²) >= 11 is 0. The highest BCUT2D eigenvalue weighted by Gasteiger charge is 2.21. The van der Waals surface area contributed by atoms with Crippen LogP contribution in [-0.2, 0) is 0 Å². The minimum Gasteiger partial charge on any atom is -0.423 e. The number of fused-ring (bicyclic) bond motifs is 7. The minimum atomic E-state index is -1.56. The number of hydrogen-bond donors (Lipinski definition) is 4. The maximum Gasteiger partial charge on any atom is 0.488 e. The second kappa shape index (κ2) is 18.7. The van der Waals surface area contributed by atoms with E-state index in [4.69, 9.17) is 24.9 Å². The van der Waals surface area contributed by atoms with Gasteiger partial charge >= 0.3 is 14.2 Å². The fourth-order valence-corrected chi connectivity index (χ4v) is 9.49. The number of benzene rings is 9. The summed E-state index contributed by atoms with van der Waals surface area (Å²) in [6, 6.07) is 73.2. The molecule has 0 aliphatic carbocycles. The molecule has 0 atom stereocenters. The summed E-state index contributed by atoms with van der Waals surface area (Å²) < 4.78 is 4.13. The fourth-order valence-electron chi connectivity index (χ4n) is 9.49. The van der Waals surface area contributed by atoms with Crippen LogP contribution < -0.4 is 10.9 Å². The molecule has 0 aliphatic rings. The minimum absolute atomic E-state index is 0.422.